The van der Waals surface area contributed by atoms with E-state index in [9.17, 15) is 0 Å². The monoisotopic (exact) mass is 304 g/mol. The van der Waals surface area contributed by atoms with E-state index in [1.54, 1.807) is 0 Å². The summed E-state index contributed by atoms with van der Waals surface area (Å²) in [5, 5.41) is 4.55. The predicted molar refractivity (Wildman–Crippen MR) is 89.3 cm³/mol. The van der Waals surface area contributed by atoms with Crippen LogP contribution in [0.15, 0.2) is 24.3 Å². The van der Waals surface area contributed by atoms with Crippen molar-refractivity contribution in [2.24, 2.45) is 0 Å². The van der Waals surface area contributed by atoms with Crippen molar-refractivity contribution in [3.8, 4) is 5.75 Å². The average Bonchev–Trinajstić information content (AvgIpc) is 2.89. The summed E-state index contributed by atoms with van der Waals surface area (Å²) in [6.45, 7) is 8.97. The third-order valence-corrected chi connectivity index (χ3v) is 4.46. The van der Waals surface area contributed by atoms with Gasteiger partial charge in [0, 0.05) is 17.8 Å². The van der Waals surface area contributed by atoms with Gasteiger partial charge in [-0.05, 0) is 32.0 Å². The van der Waals surface area contributed by atoms with Gasteiger partial charge in [-0.25, -0.2) is 4.98 Å². The number of benzene rings is 1. The van der Waals surface area contributed by atoms with Gasteiger partial charge in [0.05, 0.1) is 17.3 Å². The zero-order valence-corrected chi connectivity index (χ0v) is 13.9. The van der Waals surface area contributed by atoms with E-state index in [0.29, 0.717) is 6.61 Å². The molecule has 0 fully saturated rings. The number of hydrogen-bond donors (Lipinski definition) is 1. The lowest BCUT2D eigenvalue weighted by atomic mass is 10.2. The van der Waals surface area contributed by atoms with Crippen molar-refractivity contribution in [3.05, 3.63) is 45.4 Å². The van der Waals surface area contributed by atoms with E-state index in [0.717, 1.165) is 31.7 Å². The van der Waals surface area contributed by atoms with Gasteiger partial charge < -0.3 is 10.1 Å². The summed E-state index contributed by atoms with van der Waals surface area (Å²) >= 11 is 1.81. The van der Waals surface area contributed by atoms with Gasteiger partial charge in [-0.2, -0.15) is 0 Å². The summed E-state index contributed by atoms with van der Waals surface area (Å²) in [5.41, 5.74) is 2.48. The second kappa shape index (κ2) is 8.15. The zero-order chi connectivity index (χ0) is 15.1. The number of thiazole rings is 1. The molecule has 21 heavy (non-hydrogen) atoms. The lowest BCUT2D eigenvalue weighted by Gasteiger charge is -2.04. The van der Waals surface area contributed by atoms with Crippen LogP contribution in [0.5, 0.6) is 5.75 Å². The summed E-state index contributed by atoms with van der Waals surface area (Å²) < 4.78 is 5.78. The largest absolute Gasteiger partial charge is 0.493 e. The first-order chi connectivity index (χ1) is 10.2. The molecule has 4 heteroatoms. The minimum Gasteiger partial charge on any atom is -0.493 e. The molecule has 2 aromatic rings. The number of hydrogen-bond acceptors (Lipinski definition) is 4. The van der Waals surface area contributed by atoms with Crippen molar-refractivity contribution in [2.45, 2.75) is 40.2 Å². The van der Waals surface area contributed by atoms with Gasteiger partial charge in [-0.15, -0.1) is 11.3 Å². The SMILES string of the molecule is CCNCc1sc(CCOc2ccc(C)cc2)nc1CC. The van der Waals surface area contributed by atoms with Crippen molar-refractivity contribution >= 4 is 11.3 Å². The minimum absolute atomic E-state index is 0.681. The van der Waals surface area contributed by atoms with E-state index < -0.39 is 0 Å². The Hall–Kier alpha value is -1.39. The van der Waals surface area contributed by atoms with E-state index in [2.05, 4.69) is 38.2 Å². The van der Waals surface area contributed by atoms with Gasteiger partial charge >= 0.3 is 0 Å². The van der Waals surface area contributed by atoms with Crippen LogP contribution >= 0.6 is 11.3 Å². The molecule has 0 unspecified atom stereocenters. The average molecular weight is 304 g/mol. The summed E-state index contributed by atoms with van der Waals surface area (Å²) in [4.78, 5) is 6.09. The van der Waals surface area contributed by atoms with E-state index in [-0.39, 0.29) is 0 Å². The molecule has 0 aliphatic rings. The molecule has 1 aromatic heterocycles. The summed E-state index contributed by atoms with van der Waals surface area (Å²) in [7, 11) is 0. The van der Waals surface area contributed by atoms with Crippen LogP contribution in [0, 0.1) is 6.92 Å². The Bertz CT molecular complexity index is 548. The fourth-order valence-electron chi connectivity index (χ4n) is 2.09. The van der Waals surface area contributed by atoms with E-state index in [4.69, 9.17) is 9.72 Å². The normalized spacial score (nSPS) is 10.8. The van der Waals surface area contributed by atoms with Crippen LogP contribution in [0.2, 0.25) is 0 Å². The van der Waals surface area contributed by atoms with E-state index in [1.807, 2.05) is 23.5 Å². The highest BCUT2D eigenvalue weighted by Crippen LogP contribution is 2.20. The first-order valence-electron chi connectivity index (χ1n) is 7.60. The van der Waals surface area contributed by atoms with Crippen LogP contribution in [-0.4, -0.2) is 18.1 Å². The predicted octanol–water partition coefficient (Wildman–Crippen LogP) is 3.74. The van der Waals surface area contributed by atoms with Gasteiger partial charge in [-0.1, -0.05) is 31.5 Å². The van der Waals surface area contributed by atoms with Crippen LogP contribution in [0.25, 0.3) is 0 Å². The lowest BCUT2D eigenvalue weighted by Crippen LogP contribution is -2.11. The Labute approximate surface area is 131 Å². The Kier molecular flexibility index (Phi) is 6.21. The van der Waals surface area contributed by atoms with E-state index in [1.165, 1.54) is 21.1 Å². The number of ether oxygens (including phenoxy) is 1. The Morgan fingerprint density at radius 1 is 1.19 bits per heavy atom. The van der Waals surface area contributed by atoms with Gasteiger partial charge in [0.15, 0.2) is 0 Å². The summed E-state index contributed by atoms with van der Waals surface area (Å²) in [6, 6.07) is 8.18. The first-order valence-corrected chi connectivity index (χ1v) is 8.42. The van der Waals surface area contributed by atoms with Crippen LogP contribution in [0.1, 0.15) is 35.0 Å². The van der Waals surface area contributed by atoms with Crippen LogP contribution in [0.3, 0.4) is 0 Å². The quantitative estimate of drug-likeness (QED) is 0.806. The van der Waals surface area contributed by atoms with Crippen molar-refractivity contribution in [2.75, 3.05) is 13.2 Å². The van der Waals surface area contributed by atoms with Gasteiger partial charge in [-0.3, -0.25) is 0 Å². The molecule has 0 aliphatic heterocycles. The second-order valence-electron chi connectivity index (χ2n) is 5.02. The molecule has 0 radical (unpaired) electrons. The van der Waals surface area contributed by atoms with Crippen LogP contribution < -0.4 is 10.1 Å². The van der Waals surface area contributed by atoms with Crippen molar-refractivity contribution in [3.63, 3.8) is 0 Å². The molecule has 0 saturated carbocycles. The maximum Gasteiger partial charge on any atom is 0.119 e. The maximum absolute atomic E-state index is 5.78. The highest BCUT2D eigenvalue weighted by Gasteiger charge is 2.09. The van der Waals surface area contributed by atoms with Gasteiger partial charge in [0.1, 0.15) is 5.75 Å². The molecule has 1 aromatic carbocycles. The lowest BCUT2D eigenvalue weighted by molar-refractivity contribution is 0.321. The topological polar surface area (TPSA) is 34.1 Å². The Balaban J connectivity index is 1.87. The maximum atomic E-state index is 5.78. The van der Waals surface area contributed by atoms with E-state index >= 15 is 0 Å². The second-order valence-corrected chi connectivity index (χ2v) is 6.19. The Morgan fingerprint density at radius 2 is 1.95 bits per heavy atom. The molecule has 0 atom stereocenters. The molecule has 0 saturated heterocycles. The molecular formula is C17H24N2OS. The van der Waals surface area contributed by atoms with Crippen molar-refractivity contribution in [1.29, 1.82) is 0 Å². The molecule has 0 aliphatic carbocycles. The summed E-state index contributed by atoms with van der Waals surface area (Å²) in [5.74, 6) is 0.931. The molecule has 2 rings (SSSR count). The molecule has 114 valence electrons. The third-order valence-electron chi connectivity index (χ3n) is 3.30. The number of nitrogens with zero attached hydrogens (tertiary/aromatic N) is 1. The number of nitrogens with one attached hydrogen (secondary N) is 1. The van der Waals surface area contributed by atoms with Gasteiger partial charge in [0.2, 0.25) is 0 Å². The molecular weight excluding hydrogens is 280 g/mol. The molecule has 0 bridgehead atoms. The van der Waals surface area contributed by atoms with Crippen molar-refractivity contribution in [1.82, 2.24) is 10.3 Å². The van der Waals surface area contributed by atoms with Crippen LogP contribution in [-0.2, 0) is 19.4 Å². The molecule has 1 heterocycles. The van der Waals surface area contributed by atoms with Crippen LogP contribution in [0.4, 0.5) is 0 Å². The number of rotatable bonds is 8. The highest BCUT2D eigenvalue weighted by atomic mass is 32.1. The molecule has 1 N–H and O–H groups in total. The zero-order valence-electron chi connectivity index (χ0n) is 13.1. The minimum atomic E-state index is 0.681. The van der Waals surface area contributed by atoms with Crippen molar-refractivity contribution < 1.29 is 4.74 Å². The first kappa shape index (κ1) is 16.0. The molecule has 0 amide bonds. The third kappa shape index (κ3) is 4.83. The van der Waals surface area contributed by atoms with Gasteiger partial charge in [0.25, 0.3) is 0 Å². The number of aromatic nitrogens is 1. The molecule has 3 nitrogen and oxygen atoms in total. The fourth-order valence-corrected chi connectivity index (χ4v) is 3.19. The highest BCUT2D eigenvalue weighted by molar-refractivity contribution is 7.11. The standard InChI is InChI=1S/C17H24N2OS/c1-4-15-16(12-18-5-2)21-17(19-15)10-11-20-14-8-6-13(3)7-9-14/h6-9,18H,4-5,10-12H2,1-3H3. The summed E-state index contributed by atoms with van der Waals surface area (Å²) in [6.07, 6.45) is 1.87. The Morgan fingerprint density at radius 3 is 2.62 bits per heavy atom. The smallest absolute Gasteiger partial charge is 0.119 e. The fraction of sp³-hybridized carbons (Fsp3) is 0.471. The number of aryl methyl sites for hydroxylation is 2. The molecule has 0 spiro atoms.